The van der Waals surface area contributed by atoms with Crippen LogP contribution in [0.4, 0.5) is 0 Å². The van der Waals surface area contributed by atoms with Crippen LogP contribution in [0.25, 0.3) is 0 Å². The third-order valence-corrected chi connectivity index (χ3v) is 2.94. The zero-order valence-electron chi connectivity index (χ0n) is 6.36. The molecule has 1 unspecified atom stereocenters. The number of allylic oxidation sites excluding steroid dienone is 1. The van der Waals surface area contributed by atoms with Gasteiger partial charge in [0.2, 0.25) is 0 Å². The smallest absolute Gasteiger partial charge is 0.153 e. The van der Waals surface area contributed by atoms with Crippen molar-refractivity contribution in [3.05, 3.63) is 28.9 Å². The molecule has 0 spiro atoms. The molecule has 0 aliphatic carbocycles. The second kappa shape index (κ2) is 3.15. The third kappa shape index (κ3) is 1.18. The number of aldehydes is 1. The van der Waals surface area contributed by atoms with Crippen molar-refractivity contribution in [1.82, 2.24) is 10.2 Å². The first kappa shape index (κ1) is 7.61. The first-order valence-corrected chi connectivity index (χ1v) is 4.65. The fourth-order valence-electron chi connectivity index (χ4n) is 1.23. The highest BCUT2D eigenvalue weighted by molar-refractivity contribution is 8.02. The average Bonchev–Trinajstić information content (AvgIpc) is 2.74. The number of carbonyl (C=O) groups excluding carboxylic acids is 1. The summed E-state index contributed by atoms with van der Waals surface area (Å²) in [6.07, 6.45) is 5.50. The van der Waals surface area contributed by atoms with Crippen LogP contribution in [0, 0.1) is 0 Å². The molecule has 12 heavy (non-hydrogen) atoms. The van der Waals surface area contributed by atoms with Crippen LogP contribution < -0.4 is 0 Å². The van der Waals surface area contributed by atoms with Crippen LogP contribution in [-0.4, -0.2) is 16.5 Å². The average molecular weight is 180 g/mol. The molecule has 2 heterocycles. The summed E-state index contributed by atoms with van der Waals surface area (Å²) in [7, 11) is 0. The third-order valence-electron chi connectivity index (χ3n) is 1.84. The Labute approximate surface area is 74.2 Å². The molecule has 0 amide bonds. The van der Waals surface area contributed by atoms with E-state index in [0.717, 1.165) is 18.4 Å². The molecule has 0 saturated heterocycles. The number of nitrogens with one attached hydrogen (secondary N) is 1. The van der Waals surface area contributed by atoms with Crippen molar-refractivity contribution in [3.8, 4) is 0 Å². The molecule has 1 aromatic heterocycles. The van der Waals surface area contributed by atoms with Gasteiger partial charge in [-0.25, -0.2) is 0 Å². The highest BCUT2D eigenvalue weighted by Gasteiger charge is 2.18. The Morgan fingerprint density at radius 3 is 3.33 bits per heavy atom. The van der Waals surface area contributed by atoms with Crippen LogP contribution in [0.2, 0.25) is 0 Å². The van der Waals surface area contributed by atoms with E-state index >= 15 is 0 Å². The molecule has 1 aliphatic heterocycles. The SMILES string of the molecule is O=Cc1cn[nH]c1C1CC=CS1. The summed E-state index contributed by atoms with van der Waals surface area (Å²) in [4.78, 5) is 10.6. The number of aromatic amines is 1. The molecule has 1 N–H and O–H groups in total. The second-order valence-electron chi connectivity index (χ2n) is 2.59. The van der Waals surface area contributed by atoms with Gasteiger partial charge in [-0.3, -0.25) is 9.89 Å². The van der Waals surface area contributed by atoms with Crippen LogP contribution in [0.1, 0.15) is 27.7 Å². The number of nitrogens with zero attached hydrogens (tertiary/aromatic N) is 1. The minimum atomic E-state index is 0.354. The molecular formula is C8H8N2OS. The largest absolute Gasteiger partial charge is 0.298 e. The van der Waals surface area contributed by atoms with Crippen LogP contribution in [-0.2, 0) is 0 Å². The summed E-state index contributed by atoms with van der Waals surface area (Å²) in [5.41, 5.74) is 1.62. The lowest BCUT2D eigenvalue weighted by Crippen LogP contribution is -1.93. The molecule has 1 atom stereocenters. The van der Waals surface area contributed by atoms with Crippen LogP contribution in [0.15, 0.2) is 17.7 Å². The maximum atomic E-state index is 10.6. The predicted molar refractivity (Wildman–Crippen MR) is 48.1 cm³/mol. The number of thioether (sulfide) groups is 1. The van der Waals surface area contributed by atoms with E-state index in [4.69, 9.17) is 0 Å². The number of rotatable bonds is 2. The summed E-state index contributed by atoms with van der Waals surface area (Å²) in [6, 6.07) is 0. The molecule has 0 radical (unpaired) electrons. The Balaban J connectivity index is 2.26. The van der Waals surface area contributed by atoms with Crippen molar-refractivity contribution in [2.45, 2.75) is 11.7 Å². The molecule has 0 saturated carbocycles. The Kier molecular flexibility index (Phi) is 1.99. The number of aromatic nitrogens is 2. The van der Waals surface area contributed by atoms with Gasteiger partial charge in [-0.2, -0.15) is 5.10 Å². The van der Waals surface area contributed by atoms with Gasteiger partial charge in [-0.05, 0) is 11.8 Å². The van der Waals surface area contributed by atoms with E-state index in [1.54, 1.807) is 18.0 Å². The first-order valence-electron chi connectivity index (χ1n) is 3.70. The van der Waals surface area contributed by atoms with Gasteiger partial charge in [-0.15, -0.1) is 11.8 Å². The standard InChI is InChI=1S/C8H8N2OS/c11-5-6-4-9-10-8(6)7-2-1-3-12-7/h1,3-5,7H,2H2,(H,9,10). The van der Waals surface area contributed by atoms with E-state index in [1.807, 2.05) is 0 Å². The Bertz CT molecular complexity index is 311. The Morgan fingerprint density at radius 2 is 2.67 bits per heavy atom. The van der Waals surface area contributed by atoms with Gasteiger partial charge < -0.3 is 0 Å². The van der Waals surface area contributed by atoms with Crippen molar-refractivity contribution in [1.29, 1.82) is 0 Å². The summed E-state index contributed by atoms with van der Waals surface area (Å²) in [5.74, 6) is 0. The Hall–Kier alpha value is -1.03. The van der Waals surface area contributed by atoms with Crippen LogP contribution in [0.3, 0.4) is 0 Å². The van der Waals surface area contributed by atoms with E-state index in [-0.39, 0.29) is 0 Å². The molecule has 2 rings (SSSR count). The fraction of sp³-hybridized carbons (Fsp3) is 0.250. The van der Waals surface area contributed by atoms with Crippen molar-refractivity contribution in [3.63, 3.8) is 0 Å². The molecule has 3 nitrogen and oxygen atoms in total. The highest BCUT2D eigenvalue weighted by atomic mass is 32.2. The highest BCUT2D eigenvalue weighted by Crippen LogP contribution is 2.38. The van der Waals surface area contributed by atoms with Crippen molar-refractivity contribution in [2.24, 2.45) is 0 Å². The quantitative estimate of drug-likeness (QED) is 0.707. The Morgan fingerprint density at radius 1 is 1.75 bits per heavy atom. The van der Waals surface area contributed by atoms with Gasteiger partial charge in [0.25, 0.3) is 0 Å². The lowest BCUT2D eigenvalue weighted by atomic mass is 10.1. The van der Waals surface area contributed by atoms with E-state index < -0.39 is 0 Å². The fourth-order valence-corrected chi connectivity index (χ4v) is 2.19. The van der Waals surface area contributed by atoms with Gasteiger partial charge in [-0.1, -0.05) is 6.08 Å². The van der Waals surface area contributed by atoms with Crippen molar-refractivity contribution in [2.75, 3.05) is 0 Å². The number of carbonyl (C=O) groups is 1. The maximum Gasteiger partial charge on any atom is 0.153 e. The zero-order valence-corrected chi connectivity index (χ0v) is 7.17. The minimum Gasteiger partial charge on any atom is -0.298 e. The summed E-state index contributed by atoms with van der Waals surface area (Å²) in [6.45, 7) is 0. The topological polar surface area (TPSA) is 45.8 Å². The number of hydrogen-bond donors (Lipinski definition) is 1. The summed E-state index contributed by atoms with van der Waals surface area (Å²) < 4.78 is 0. The molecular weight excluding hydrogens is 172 g/mol. The molecule has 62 valence electrons. The van der Waals surface area contributed by atoms with Crippen molar-refractivity contribution < 1.29 is 4.79 Å². The minimum absolute atomic E-state index is 0.354. The van der Waals surface area contributed by atoms with E-state index in [2.05, 4.69) is 21.7 Å². The molecule has 0 aromatic carbocycles. The predicted octanol–water partition coefficient (Wildman–Crippen LogP) is 1.91. The van der Waals surface area contributed by atoms with Gasteiger partial charge in [0, 0.05) is 0 Å². The van der Waals surface area contributed by atoms with E-state index in [0.29, 0.717) is 10.8 Å². The maximum absolute atomic E-state index is 10.6. The summed E-state index contributed by atoms with van der Waals surface area (Å²) >= 11 is 1.72. The number of H-pyrrole nitrogens is 1. The van der Waals surface area contributed by atoms with Crippen LogP contribution in [0.5, 0.6) is 0 Å². The normalized spacial score (nSPS) is 21.5. The van der Waals surface area contributed by atoms with Gasteiger partial charge in [0.05, 0.1) is 22.7 Å². The lowest BCUT2D eigenvalue weighted by molar-refractivity contribution is 0.112. The van der Waals surface area contributed by atoms with E-state index in [9.17, 15) is 4.79 Å². The monoisotopic (exact) mass is 180 g/mol. The van der Waals surface area contributed by atoms with Gasteiger partial charge >= 0.3 is 0 Å². The molecule has 4 heteroatoms. The zero-order chi connectivity index (χ0) is 8.39. The first-order chi connectivity index (χ1) is 5.92. The molecule has 1 aromatic rings. The molecule has 0 fully saturated rings. The second-order valence-corrected chi connectivity index (χ2v) is 3.70. The molecule has 1 aliphatic rings. The van der Waals surface area contributed by atoms with Gasteiger partial charge in [0.15, 0.2) is 6.29 Å². The van der Waals surface area contributed by atoms with Crippen molar-refractivity contribution >= 4 is 18.0 Å². The number of hydrogen-bond acceptors (Lipinski definition) is 3. The summed E-state index contributed by atoms with van der Waals surface area (Å²) in [5, 5.41) is 9.11. The van der Waals surface area contributed by atoms with E-state index in [1.165, 1.54) is 0 Å². The van der Waals surface area contributed by atoms with Gasteiger partial charge in [0.1, 0.15) is 0 Å². The molecule has 0 bridgehead atoms. The van der Waals surface area contributed by atoms with Crippen LogP contribution >= 0.6 is 11.8 Å². The lowest BCUT2D eigenvalue weighted by Gasteiger charge is -2.04.